The first-order chi connectivity index (χ1) is 6.95. The third kappa shape index (κ3) is 1.96. The van der Waals surface area contributed by atoms with Crippen molar-refractivity contribution >= 4 is 0 Å². The SMILES string of the molecule is C1CC2C3CCC(C3)C2C1.CN.CN. The Hall–Kier alpha value is -0.0800. The topological polar surface area (TPSA) is 52.0 Å². The zero-order chi connectivity index (χ0) is 10.6. The molecule has 3 aliphatic rings. The molecule has 4 unspecified atom stereocenters. The van der Waals surface area contributed by atoms with Crippen molar-refractivity contribution in [3.63, 3.8) is 0 Å². The normalized spacial score (nSPS) is 42.0. The molecule has 84 valence electrons. The van der Waals surface area contributed by atoms with Gasteiger partial charge in [-0.1, -0.05) is 6.42 Å². The van der Waals surface area contributed by atoms with Gasteiger partial charge in [0, 0.05) is 0 Å². The van der Waals surface area contributed by atoms with E-state index in [1.54, 1.807) is 38.5 Å². The van der Waals surface area contributed by atoms with E-state index in [-0.39, 0.29) is 0 Å². The first-order valence-electron chi connectivity index (χ1n) is 6.10. The lowest BCUT2D eigenvalue weighted by molar-refractivity contribution is 0.259. The number of hydrogen-bond acceptors (Lipinski definition) is 2. The molecule has 0 spiro atoms. The second kappa shape index (κ2) is 5.72. The summed E-state index contributed by atoms with van der Waals surface area (Å²) < 4.78 is 0. The highest BCUT2D eigenvalue weighted by Gasteiger charge is 2.48. The maximum absolute atomic E-state index is 4.50. The van der Waals surface area contributed by atoms with Crippen LogP contribution in [0, 0.1) is 23.7 Å². The number of rotatable bonds is 0. The quantitative estimate of drug-likeness (QED) is 0.625. The summed E-state index contributed by atoms with van der Waals surface area (Å²) in [5.74, 6) is 4.80. The van der Waals surface area contributed by atoms with E-state index in [4.69, 9.17) is 0 Å². The maximum Gasteiger partial charge on any atom is -0.0195 e. The van der Waals surface area contributed by atoms with Crippen LogP contribution >= 0.6 is 0 Å². The Morgan fingerprint density at radius 3 is 1.57 bits per heavy atom. The van der Waals surface area contributed by atoms with Crippen molar-refractivity contribution in [2.24, 2.45) is 35.1 Å². The van der Waals surface area contributed by atoms with Crippen LogP contribution in [0.25, 0.3) is 0 Å². The summed E-state index contributed by atoms with van der Waals surface area (Å²) >= 11 is 0. The Kier molecular flexibility index (Phi) is 4.90. The monoisotopic (exact) mass is 198 g/mol. The standard InChI is InChI=1S/C10H16.2CH5N/c1-2-9-7-4-5-8(6-7)10(9)3-1;2*1-2/h7-10H,1-6H2;2*2H2,1H3. The van der Waals surface area contributed by atoms with Gasteiger partial charge in [-0.2, -0.15) is 0 Å². The molecule has 0 aromatic carbocycles. The number of hydrogen-bond donors (Lipinski definition) is 2. The molecule has 2 nitrogen and oxygen atoms in total. The minimum Gasteiger partial charge on any atom is -0.333 e. The molecule has 0 aromatic rings. The van der Waals surface area contributed by atoms with Gasteiger partial charge < -0.3 is 11.5 Å². The summed E-state index contributed by atoms with van der Waals surface area (Å²) in [5.41, 5.74) is 9.00. The zero-order valence-electron chi connectivity index (χ0n) is 9.71. The van der Waals surface area contributed by atoms with Crippen LogP contribution in [0.15, 0.2) is 0 Å². The fourth-order valence-electron chi connectivity index (χ4n) is 4.02. The van der Waals surface area contributed by atoms with Crippen molar-refractivity contribution < 1.29 is 0 Å². The van der Waals surface area contributed by atoms with E-state index in [0.29, 0.717) is 0 Å². The van der Waals surface area contributed by atoms with Crippen LogP contribution in [-0.4, -0.2) is 14.1 Å². The van der Waals surface area contributed by atoms with Crippen LogP contribution < -0.4 is 11.5 Å². The Balaban J connectivity index is 0.000000222. The molecule has 0 saturated heterocycles. The first kappa shape index (κ1) is 12.0. The van der Waals surface area contributed by atoms with E-state index in [1.807, 2.05) is 0 Å². The molecule has 3 saturated carbocycles. The Morgan fingerprint density at radius 2 is 1.14 bits per heavy atom. The maximum atomic E-state index is 4.50. The van der Waals surface area contributed by atoms with E-state index in [1.165, 1.54) is 37.8 Å². The average molecular weight is 198 g/mol. The van der Waals surface area contributed by atoms with Crippen molar-refractivity contribution in [1.29, 1.82) is 0 Å². The van der Waals surface area contributed by atoms with Crippen molar-refractivity contribution in [3.8, 4) is 0 Å². The van der Waals surface area contributed by atoms with Crippen LogP contribution in [0.4, 0.5) is 0 Å². The van der Waals surface area contributed by atoms with Crippen LogP contribution in [0.5, 0.6) is 0 Å². The molecular weight excluding hydrogens is 172 g/mol. The van der Waals surface area contributed by atoms with Gasteiger partial charge in [-0.05, 0) is 69.9 Å². The molecule has 2 bridgehead atoms. The highest BCUT2D eigenvalue weighted by Crippen LogP contribution is 2.58. The molecule has 3 rings (SSSR count). The lowest BCUT2D eigenvalue weighted by Gasteiger charge is -2.23. The zero-order valence-corrected chi connectivity index (χ0v) is 9.71. The molecule has 3 aliphatic carbocycles. The van der Waals surface area contributed by atoms with Crippen molar-refractivity contribution in [2.45, 2.75) is 38.5 Å². The summed E-state index contributed by atoms with van der Waals surface area (Å²) in [6.45, 7) is 0. The van der Waals surface area contributed by atoms with Gasteiger partial charge >= 0.3 is 0 Å². The smallest absolute Gasteiger partial charge is 0.0195 e. The number of nitrogens with two attached hydrogens (primary N) is 2. The third-order valence-corrected chi connectivity index (χ3v) is 4.35. The van der Waals surface area contributed by atoms with Gasteiger partial charge in [0.2, 0.25) is 0 Å². The molecule has 4 atom stereocenters. The molecule has 2 heteroatoms. The molecule has 0 radical (unpaired) electrons. The van der Waals surface area contributed by atoms with Crippen LogP contribution in [0.2, 0.25) is 0 Å². The van der Waals surface area contributed by atoms with Gasteiger partial charge in [-0.25, -0.2) is 0 Å². The van der Waals surface area contributed by atoms with Gasteiger partial charge in [0.25, 0.3) is 0 Å². The summed E-state index contributed by atoms with van der Waals surface area (Å²) in [7, 11) is 3.00. The van der Waals surface area contributed by atoms with Crippen LogP contribution in [0.3, 0.4) is 0 Å². The highest BCUT2D eigenvalue weighted by molar-refractivity contribution is 4.98. The third-order valence-electron chi connectivity index (χ3n) is 4.35. The Bertz CT molecular complexity index is 142. The van der Waals surface area contributed by atoms with Gasteiger partial charge in [-0.3, -0.25) is 0 Å². The summed E-state index contributed by atoms with van der Waals surface area (Å²) in [6.07, 6.45) is 9.53. The predicted octanol–water partition coefficient (Wildman–Crippen LogP) is 1.98. The molecule has 3 fully saturated rings. The molecule has 0 aliphatic heterocycles. The second-order valence-corrected chi connectivity index (χ2v) is 4.59. The molecule has 0 amide bonds. The summed E-state index contributed by atoms with van der Waals surface area (Å²) in [6, 6.07) is 0. The van der Waals surface area contributed by atoms with Gasteiger partial charge in [-0.15, -0.1) is 0 Å². The van der Waals surface area contributed by atoms with Crippen LogP contribution in [-0.2, 0) is 0 Å². The molecule has 4 N–H and O–H groups in total. The molecular formula is C12H26N2. The lowest BCUT2D eigenvalue weighted by atomic mass is 9.82. The Labute approximate surface area is 88.4 Å². The van der Waals surface area contributed by atoms with Gasteiger partial charge in [0.05, 0.1) is 0 Å². The highest BCUT2D eigenvalue weighted by atomic mass is 14.5. The van der Waals surface area contributed by atoms with Gasteiger partial charge in [0.1, 0.15) is 0 Å². The summed E-state index contributed by atoms with van der Waals surface area (Å²) in [5, 5.41) is 0. The minimum absolute atomic E-state index is 1.19. The predicted molar refractivity (Wildman–Crippen MR) is 61.9 cm³/mol. The van der Waals surface area contributed by atoms with E-state index in [2.05, 4.69) is 11.5 Å². The Morgan fingerprint density at radius 1 is 0.714 bits per heavy atom. The largest absolute Gasteiger partial charge is 0.333 e. The van der Waals surface area contributed by atoms with Gasteiger partial charge in [0.15, 0.2) is 0 Å². The van der Waals surface area contributed by atoms with Crippen LogP contribution in [0.1, 0.15) is 38.5 Å². The number of fused-ring (bicyclic) bond motifs is 5. The average Bonchev–Trinajstić information content (AvgIpc) is 2.97. The second-order valence-electron chi connectivity index (χ2n) is 4.59. The minimum atomic E-state index is 1.19. The van der Waals surface area contributed by atoms with E-state index in [0.717, 1.165) is 0 Å². The van der Waals surface area contributed by atoms with E-state index >= 15 is 0 Å². The first-order valence-corrected chi connectivity index (χ1v) is 6.10. The summed E-state index contributed by atoms with van der Waals surface area (Å²) in [4.78, 5) is 0. The molecule has 0 aromatic heterocycles. The fraction of sp³-hybridized carbons (Fsp3) is 1.00. The lowest BCUT2D eigenvalue weighted by Crippen LogP contribution is -2.15. The van der Waals surface area contributed by atoms with Crippen molar-refractivity contribution in [3.05, 3.63) is 0 Å². The fourth-order valence-corrected chi connectivity index (χ4v) is 4.02. The molecule has 0 heterocycles. The molecule has 14 heavy (non-hydrogen) atoms. The van der Waals surface area contributed by atoms with E-state index in [9.17, 15) is 0 Å². The van der Waals surface area contributed by atoms with E-state index < -0.39 is 0 Å². The van der Waals surface area contributed by atoms with Crippen molar-refractivity contribution in [1.82, 2.24) is 0 Å². The van der Waals surface area contributed by atoms with Crippen molar-refractivity contribution in [2.75, 3.05) is 14.1 Å².